The molecular weight excluding hydrogens is 202 g/mol. The van der Waals surface area contributed by atoms with E-state index in [9.17, 15) is 0 Å². The van der Waals surface area contributed by atoms with Gasteiger partial charge in [-0.05, 0) is 18.9 Å². The van der Waals surface area contributed by atoms with Crippen molar-refractivity contribution < 1.29 is 9.47 Å². The Morgan fingerprint density at radius 3 is 2.50 bits per heavy atom. The Kier molecular flexibility index (Phi) is 3.59. The van der Waals surface area contributed by atoms with Gasteiger partial charge in [-0.1, -0.05) is 30.3 Å². The maximum Gasteiger partial charge on any atom is 0.167 e. The molecule has 2 rings (SSSR count). The topological polar surface area (TPSA) is 44.5 Å². The molecule has 1 heterocycles. The lowest BCUT2D eigenvalue weighted by atomic mass is 10.00. The van der Waals surface area contributed by atoms with Crippen molar-refractivity contribution in [1.82, 2.24) is 0 Å². The van der Waals surface area contributed by atoms with Crippen LogP contribution in [0.3, 0.4) is 0 Å². The molecular formula is C13H19NO2. The predicted molar refractivity (Wildman–Crippen MR) is 62.9 cm³/mol. The summed E-state index contributed by atoms with van der Waals surface area (Å²) in [6.45, 7) is 3.49. The van der Waals surface area contributed by atoms with E-state index in [0.717, 1.165) is 25.2 Å². The number of rotatable bonds is 3. The molecule has 2 N–H and O–H groups in total. The second-order valence-corrected chi connectivity index (χ2v) is 4.41. The molecule has 0 spiro atoms. The standard InChI is InChI=1S/C13H19NO2/c1-13(15-8-5-9-16-13)10-12(14)11-6-3-2-4-7-11/h2-4,6-7,12H,5,8-10,14H2,1H3. The minimum Gasteiger partial charge on any atom is -0.350 e. The maximum absolute atomic E-state index is 6.15. The predicted octanol–water partition coefficient (Wildman–Crippen LogP) is 2.23. The van der Waals surface area contributed by atoms with Crippen LogP contribution in [-0.2, 0) is 9.47 Å². The first-order valence-corrected chi connectivity index (χ1v) is 5.78. The molecule has 0 aliphatic carbocycles. The molecule has 1 atom stereocenters. The summed E-state index contributed by atoms with van der Waals surface area (Å²) in [5.41, 5.74) is 7.28. The van der Waals surface area contributed by atoms with Crippen molar-refractivity contribution in [1.29, 1.82) is 0 Å². The summed E-state index contributed by atoms with van der Waals surface area (Å²) >= 11 is 0. The highest BCUT2D eigenvalue weighted by molar-refractivity contribution is 5.18. The Balaban J connectivity index is 1.98. The van der Waals surface area contributed by atoms with E-state index in [1.807, 2.05) is 37.3 Å². The molecule has 1 fully saturated rings. The van der Waals surface area contributed by atoms with Crippen LogP contribution in [0.25, 0.3) is 0 Å². The van der Waals surface area contributed by atoms with Gasteiger partial charge < -0.3 is 15.2 Å². The quantitative estimate of drug-likeness (QED) is 0.851. The molecule has 1 aromatic rings. The van der Waals surface area contributed by atoms with Crippen LogP contribution in [0.15, 0.2) is 30.3 Å². The minimum absolute atomic E-state index is 0.0377. The monoisotopic (exact) mass is 221 g/mol. The van der Waals surface area contributed by atoms with Gasteiger partial charge in [0, 0.05) is 12.5 Å². The highest BCUT2D eigenvalue weighted by Gasteiger charge is 2.31. The van der Waals surface area contributed by atoms with Gasteiger partial charge in [0.1, 0.15) is 0 Å². The van der Waals surface area contributed by atoms with Crippen molar-refractivity contribution in [3.8, 4) is 0 Å². The lowest BCUT2D eigenvalue weighted by Gasteiger charge is -2.35. The van der Waals surface area contributed by atoms with Gasteiger partial charge in [-0.15, -0.1) is 0 Å². The van der Waals surface area contributed by atoms with Crippen LogP contribution in [-0.4, -0.2) is 19.0 Å². The van der Waals surface area contributed by atoms with Gasteiger partial charge in [-0.25, -0.2) is 0 Å². The largest absolute Gasteiger partial charge is 0.350 e. The first-order valence-electron chi connectivity index (χ1n) is 5.78. The highest BCUT2D eigenvalue weighted by atomic mass is 16.7. The number of nitrogens with two attached hydrogens (primary N) is 1. The van der Waals surface area contributed by atoms with Crippen LogP contribution in [0.4, 0.5) is 0 Å². The first kappa shape index (κ1) is 11.6. The molecule has 3 nitrogen and oxygen atoms in total. The van der Waals surface area contributed by atoms with Gasteiger partial charge in [0.15, 0.2) is 5.79 Å². The van der Waals surface area contributed by atoms with Gasteiger partial charge in [0.25, 0.3) is 0 Å². The van der Waals surface area contributed by atoms with Gasteiger partial charge in [-0.2, -0.15) is 0 Å². The van der Waals surface area contributed by atoms with Crippen LogP contribution in [0, 0.1) is 0 Å². The summed E-state index contributed by atoms with van der Waals surface area (Å²) in [7, 11) is 0. The third-order valence-electron chi connectivity index (χ3n) is 2.92. The van der Waals surface area contributed by atoms with E-state index in [2.05, 4.69) is 0 Å². The number of hydrogen-bond donors (Lipinski definition) is 1. The number of benzene rings is 1. The van der Waals surface area contributed by atoms with E-state index in [-0.39, 0.29) is 6.04 Å². The zero-order valence-corrected chi connectivity index (χ0v) is 9.69. The van der Waals surface area contributed by atoms with E-state index in [0.29, 0.717) is 6.42 Å². The van der Waals surface area contributed by atoms with Crippen LogP contribution < -0.4 is 5.73 Å². The van der Waals surface area contributed by atoms with Crippen LogP contribution >= 0.6 is 0 Å². The normalized spacial score (nSPS) is 21.6. The molecule has 0 bridgehead atoms. The average molecular weight is 221 g/mol. The van der Waals surface area contributed by atoms with Gasteiger partial charge in [0.2, 0.25) is 0 Å². The third-order valence-corrected chi connectivity index (χ3v) is 2.92. The van der Waals surface area contributed by atoms with Gasteiger partial charge in [-0.3, -0.25) is 0 Å². The third kappa shape index (κ3) is 2.82. The lowest BCUT2D eigenvalue weighted by Crippen LogP contribution is -2.40. The summed E-state index contributed by atoms with van der Waals surface area (Å²) in [5.74, 6) is -0.520. The van der Waals surface area contributed by atoms with E-state index in [4.69, 9.17) is 15.2 Å². The Morgan fingerprint density at radius 1 is 1.25 bits per heavy atom. The molecule has 0 radical (unpaired) electrons. The Hall–Kier alpha value is -0.900. The summed E-state index contributed by atoms with van der Waals surface area (Å²) < 4.78 is 11.3. The summed E-state index contributed by atoms with van der Waals surface area (Å²) in [5, 5.41) is 0. The Morgan fingerprint density at radius 2 is 1.88 bits per heavy atom. The molecule has 0 saturated carbocycles. The van der Waals surface area contributed by atoms with Crippen LogP contribution in [0.2, 0.25) is 0 Å². The molecule has 1 aliphatic rings. The van der Waals surface area contributed by atoms with Crippen LogP contribution in [0.5, 0.6) is 0 Å². The van der Waals surface area contributed by atoms with E-state index < -0.39 is 5.79 Å². The molecule has 1 saturated heterocycles. The van der Waals surface area contributed by atoms with E-state index >= 15 is 0 Å². The van der Waals surface area contributed by atoms with Crippen molar-refractivity contribution in [2.75, 3.05) is 13.2 Å². The molecule has 0 amide bonds. The fraction of sp³-hybridized carbons (Fsp3) is 0.538. The maximum atomic E-state index is 6.15. The number of hydrogen-bond acceptors (Lipinski definition) is 3. The van der Waals surface area contributed by atoms with Crippen LogP contribution in [0.1, 0.15) is 31.4 Å². The first-order chi connectivity index (χ1) is 7.70. The molecule has 0 aromatic heterocycles. The lowest BCUT2D eigenvalue weighted by molar-refractivity contribution is -0.260. The second-order valence-electron chi connectivity index (χ2n) is 4.41. The van der Waals surface area contributed by atoms with Crippen molar-refractivity contribution in [3.63, 3.8) is 0 Å². The van der Waals surface area contributed by atoms with Crippen molar-refractivity contribution >= 4 is 0 Å². The average Bonchev–Trinajstić information content (AvgIpc) is 2.30. The zero-order chi connectivity index (χ0) is 11.4. The van der Waals surface area contributed by atoms with Crippen molar-refractivity contribution in [3.05, 3.63) is 35.9 Å². The van der Waals surface area contributed by atoms with Gasteiger partial charge >= 0.3 is 0 Å². The number of ether oxygens (including phenoxy) is 2. The molecule has 1 aromatic carbocycles. The minimum atomic E-state index is -0.520. The molecule has 88 valence electrons. The summed E-state index contributed by atoms with van der Waals surface area (Å²) in [6.07, 6.45) is 1.66. The molecule has 3 heteroatoms. The second kappa shape index (κ2) is 4.95. The molecule has 16 heavy (non-hydrogen) atoms. The molecule has 1 aliphatic heterocycles. The smallest absolute Gasteiger partial charge is 0.167 e. The summed E-state index contributed by atoms with van der Waals surface area (Å²) in [4.78, 5) is 0. The zero-order valence-electron chi connectivity index (χ0n) is 9.69. The Bertz CT molecular complexity index is 320. The van der Waals surface area contributed by atoms with Crippen molar-refractivity contribution in [2.45, 2.75) is 31.6 Å². The van der Waals surface area contributed by atoms with Crippen molar-refractivity contribution in [2.24, 2.45) is 5.73 Å². The van der Waals surface area contributed by atoms with Gasteiger partial charge in [0.05, 0.1) is 13.2 Å². The fourth-order valence-electron chi connectivity index (χ4n) is 2.01. The molecule has 1 unspecified atom stereocenters. The highest BCUT2D eigenvalue weighted by Crippen LogP contribution is 2.28. The summed E-state index contributed by atoms with van der Waals surface area (Å²) in [6, 6.07) is 10.0. The van der Waals surface area contributed by atoms with E-state index in [1.165, 1.54) is 0 Å². The van der Waals surface area contributed by atoms with E-state index in [1.54, 1.807) is 0 Å². The Labute approximate surface area is 96.5 Å². The fourth-order valence-corrected chi connectivity index (χ4v) is 2.01. The SMILES string of the molecule is CC1(CC(N)c2ccccc2)OCCCO1.